The minimum Gasteiger partial charge on any atom is -0.606 e. The highest BCUT2D eigenvalue weighted by atomic mass is 19.1. The number of rotatable bonds is 7. The Morgan fingerprint density at radius 2 is 2.00 bits per heavy atom. The van der Waals surface area contributed by atoms with Gasteiger partial charge in [-0.05, 0) is 55.5 Å². The summed E-state index contributed by atoms with van der Waals surface area (Å²) in [5, 5.41) is 15.5. The molecule has 0 bridgehead atoms. The molecule has 5 rings (SSSR count). The summed E-state index contributed by atoms with van der Waals surface area (Å²) in [6, 6.07) is 12.0. The Hall–Kier alpha value is -3.47. The molecule has 35 heavy (non-hydrogen) atoms. The number of nitrogens with zero attached hydrogens (tertiary/aromatic N) is 3. The second kappa shape index (κ2) is 9.65. The molecule has 184 valence electrons. The number of carbonyl (C=O) groups excluding carboxylic acids is 1. The Kier molecular flexibility index (Phi) is 6.42. The Morgan fingerprint density at radius 1 is 1.23 bits per heavy atom. The zero-order chi connectivity index (χ0) is 24.5. The van der Waals surface area contributed by atoms with Crippen molar-refractivity contribution in [2.45, 2.75) is 44.4 Å². The molecule has 0 spiro atoms. The van der Waals surface area contributed by atoms with Crippen LogP contribution in [0.1, 0.15) is 36.6 Å². The molecule has 1 aromatic heterocycles. The van der Waals surface area contributed by atoms with Gasteiger partial charge in [-0.25, -0.2) is 19.6 Å². The summed E-state index contributed by atoms with van der Waals surface area (Å²) in [5.41, 5.74) is 5.23. The van der Waals surface area contributed by atoms with Gasteiger partial charge in [-0.15, -0.1) is 0 Å². The summed E-state index contributed by atoms with van der Waals surface area (Å²) in [5.74, 6) is 0.783. The predicted molar refractivity (Wildman–Crippen MR) is 130 cm³/mol. The van der Waals surface area contributed by atoms with Crippen molar-refractivity contribution >= 4 is 17.4 Å². The van der Waals surface area contributed by atoms with Crippen molar-refractivity contribution in [2.24, 2.45) is 0 Å². The maximum absolute atomic E-state index is 14.8. The molecule has 3 aromatic rings. The minimum absolute atomic E-state index is 0.0495. The second-order valence-corrected chi connectivity index (χ2v) is 9.09. The van der Waals surface area contributed by atoms with Crippen LogP contribution in [0, 0.1) is 17.9 Å². The molecule has 10 heteroatoms. The molecule has 1 aliphatic heterocycles. The number of hydrogen-bond donors (Lipinski definition) is 3. The number of benzene rings is 2. The fourth-order valence-electron chi connectivity index (χ4n) is 4.51. The lowest BCUT2D eigenvalue weighted by Crippen LogP contribution is -3.16. The number of methoxy groups -OCH3 is 1. The van der Waals surface area contributed by atoms with Crippen LogP contribution < -0.4 is 15.9 Å². The van der Waals surface area contributed by atoms with E-state index in [2.05, 4.69) is 15.7 Å². The van der Waals surface area contributed by atoms with Crippen LogP contribution in [0.4, 0.5) is 20.6 Å². The van der Waals surface area contributed by atoms with E-state index in [9.17, 15) is 14.4 Å². The predicted octanol–water partition coefficient (Wildman–Crippen LogP) is 3.19. The van der Waals surface area contributed by atoms with Crippen LogP contribution in [0.5, 0.6) is 0 Å². The van der Waals surface area contributed by atoms with Crippen molar-refractivity contribution < 1.29 is 19.1 Å². The van der Waals surface area contributed by atoms with Crippen LogP contribution >= 0.6 is 0 Å². The SMILES string of the molecule is CO[C@@H]1C[C@H]([NH+]([O-])Nc2ccc(-n3ccnc3C)cc2F)N(C(=O)Nc2ccc(C3CC3)cc2)C1. The minimum atomic E-state index is -0.791. The fraction of sp³-hybridized carbons (Fsp3) is 0.360. The number of nitrogens with one attached hydrogen (secondary N) is 3. The van der Waals surface area contributed by atoms with Crippen LogP contribution in [0.3, 0.4) is 0 Å². The average molecular weight is 481 g/mol. The number of imidazole rings is 1. The van der Waals surface area contributed by atoms with E-state index < -0.39 is 23.2 Å². The highest BCUT2D eigenvalue weighted by Crippen LogP contribution is 2.40. The zero-order valence-electron chi connectivity index (χ0n) is 19.7. The maximum atomic E-state index is 14.8. The van der Waals surface area contributed by atoms with E-state index >= 15 is 0 Å². The molecule has 1 saturated carbocycles. The van der Waals surface area contributed by atoms with Crippen LogP contribution in [0.2, 0.25) is 0 Å². The van der Waals surface area contributed by atoms with Gasteiger partial charge in [0.2, 0.25) is 0 Å². The van der Waals surface area contributed by atoms with Crippen LogP contribution in [-0.2, 0) is 4.74 Å². The van der Waals surface area contributed by atoms with E-state index in [0.717, 1.165) is 5.82 Å². The number of anilines is 2. The normalized spacial score (nSPS) is 20.6. The van der Waals surface area contributed by atoms with E-state index in [4.69, 9.17) is 4.74 Å². The van der Waals surface area contributed by atoms with E-state index in [-0.39, 0.29) is 18.3 Å². The van der Waals surface area contributed by atoms with Crippen molar-refractivity contribution in [3.63, 3.8) is 0 Å². The number of aromatic nitrogens is 2. The van der Waals surface area contributed by atoms with Gasteiger partial charge >= 0.3 is 6.03 Å². The van der Waals surface area contributed by atoms with E-state index in [0.29, 0.717) is 23.7 Å². The van der Waals surface area contributed by atoms with Gasteiger partial charge in [-0.3, -0.25) is 10.1 Å². The zero-order valence-corrected chi connectivity index (χ0v) is 19.7. The molecule has 2 amide bonds. The Bertz CT molecular complexity index is 1200. The van der Waals surface area contributed by atoms with Gasteiger partial charge < -0.3 is 19.8 Å². The number of aryl methyl sites for hydroxylation is 1. The number of quaternary nitrogens is 1. The van der Waals surface area contributed by atoms with Crippen LogP contribution in [-0.4, -0.2) is 46.4 Å². The van der Waals surface area contributed by atoms with E-state index in [1.165, 1.54) is 35.4 Å². The lowest BCUT2D eigenvalue weighted by atomic mass is 10.1. The third kappa shape index (κ3) is 5.00. The standard InChI is InChI=1S/C25H29FN6O3/c1-16-27-11-12-30(16)20-9-10-23(22(26)13-20)29-32(34)24-14-21(35-2)15-31(24)25(33)28-19-7-5-18(6-8-19)17-3-4-17/h5-13,17,21,24,29,32H,3-4,14-15H2,1-2H3,(H,28,33)/t21-,24+/m1/s1. The smallest absolute Gasteiger partial charge is 0.326 e. The highest BCUT2D eigenvalue weighted by molar-refractivity contribution is 5.89. The molecule has 2 fully saturated rings. The molecule has 0 radical (unpaired) electrons. The third-order valence-electron chi connectivity index (χ3n) is 6.68. The highest BCUT2D eigenvalue weighted by Gasteiger charge is 2.40. The Morgan fingerprint density at radius 3 is 2.63 bits per heavy atom. The summed E-state index contributed by atoms with van der Waals surface area (Å²) in [4.78, 5) is 18.6. The third-order valence-corrected chi connectivity index (χ3v) is 6.68. The Labute approximate surface area is 203 Å². The lowest BCUT2D eigenvalue weighted by Gasteiger charge is -2.34. The number of ether oxygens (including phenoxy) is 1. The first-order valence-corrected chi connectivity index (χ1v) is 11.7. The first kappa shape index (κ1) is 23.3. The summed E-state index contributed by atoms with van der Waals surface area (Å²) >= 11 is 0. The van der Waals surface area contributed by atoms with Crippen molar-refractivity contribution in [2.75, 3.05) is 24.4 Å². The monoisotopic (exact) mass is 480 g/mol. The molecular weight excluding hydrogens is 451 g/mol. The molecule has 2 heterocycles. The van der Waals surface area contributed by atoms with Crippen molar-refractivity contribution in [3.8, 4) is 5.69 Å². The average Bonchev–Trinajstić information content (AvgIpc) is 3.46. The molecule has 2 aromatic carbocycles. The summed E-state index contributed by atoms with van der Waals surface area (Å²) in [7, 11) is 1.55. The van der Waals surface area contributed by atoms with Gasteiger partial charge in [0.05, 0.1) is 19.1 Å². The quantitative estimate of drug-likeness (QED) is 0.451. The molecule has 1 saturated heterocycles. The first-order chi connectivity index (χ1) is 16.9. The van der Waals surface area contributed by atoms with Crippen LogP contribution in [0.15, 0.2) is 54.9 Å². The van der Waals surface area contributed by atoms with Crippen molar-refractivity contribution in [1.82, 2.24) is 14.5 Å². The molecule has 9 nitrogen and oxygen atoms in total. The topological polar surface area (TPSA) is 98.9 Å². The number of amides is 2. The van der Waals surface area contributed by atoms with Crippen molar-refractivity contribution in [1.29, 1.82) is 0 Å². The summed E-state index contributed by atoms with van der Waals surface area (Å²) in [6.45, 7) is 2.09. The summed E-state index contributed by atoms with van der Waals surface area (Å²) < 4.78 is 22.0. The molecule has 1 unspecified atom stereocenters. The number of halogens is 1. The summed E-state index contributed by atoms with van der Waals surface area (Å²) in [6.07, 6.45) is 5.04. The maximum Gasteiger partial charge on any atom is 0.326 e. The Balaban J connectivity index is 1.27. The molecule has 1 aliphatic carbocycles. The number of likely N-dealkylation sites (tertiary alicyclic amines) is 1. The number of hydroxylamine groups is 1. The molecular formula is C25H29FN6O3. The fourth-order valence-corrected chi connectivity index (χ4v) is 4.51. The van der Waals surface area contributed by atoms with E-state index in [1.807, 2.05) is 31.2 Å². The number of carbonyl (C=O) groups is 1. The number of urea groups is 1. The first-order valence-electron chi connectivity index (χ1n) is 11.7. The van der Waals surface area contributed by atoms with Gasteiger partial charge in [-0.1, -0.05) is 12.1 Å². The van der Waals surface area contributed by atoms with Crippen molar-refractivity contribution in [3.05, 3.63) is 77.3 Å². The van der Waals surface area contributed by atoms with E-state index in [1.54, 1.807) is 30.1 Å². The second-order valence-electron chi connectivity index (χ2n) is 9.09. The number of hydrogen-bond acceptors (Lipinski definition) is 5. The molecule has 3 N–H and O–H groups in total. The van der Waals surface area contributed by atoms with Gasteiger partial charge in [0.1, 0.15) is 11.5 Å². The van der Waals surface area contributed by atoms with Gasteiger partial charge in [0.25, 0.3) is 0 Å². The van der Waals surface area contributed by atoms with Gasteiger partial charge in [-0.2, -0.15) is 0 Å². The van der Waals surface area contributed by atoms with Gasteiger partial charge in [0, 0.05) is 36.9 Å². The molecule has 3 atom stereocenters. The van der Waals surface area contributed by atoms with Gasteiger partial charge in [0.15, 0.2) is 12.0 Å². The lowest BCUT2D eigenvalue weighted by molar-refractivity contribution is -0.863. The largest absolute Gasteiger partial charge is 0.606 e. The molecule has 2 aliphatic rings. The van der Waals surface area contributed by atoms with Crippen LogP contribution in [0.25, 0.3) is 5.69 Å².